The Bertz CT molecular complexity index is 1980. The van der Waals surface area contributed by atoms with E-state index < -0.39 is 0 Å². The van der Waals surface area contributed by atoms with Crippen molar-refractivity contribution in [3.63, 3.8) is 0 Å². The molecule has 0 saturated heterocycles. The quantitative estimate of drug-likeness (QED) is 0.197. The van der Waals surface area contributed by atoms with Crippen molar-refractivity contribution in [2.24, 2.45) is 0 Å². The lowest BCUT2D eigenvalue weighted by Gasteiger charge is -2.23. The number of hydrogen-bond acceptors (Lipinski definition) is 9. The van der Waals surface area contributed by atoms with Gasteiger partial charge in [-0.05, 0) is 51.8 Å². The third-order valence-electron chi connectivity index (χ3n) is 7.47. The Balaban J connectivity index is 1.50. The lowest BCUT2D eigenvalue weighted by atomic mass is 10.1. The summed E-state index contributed by atoms with van der Waals surface area (Å²) in [5.74, 6) is 2.12. The van der Waals surface area contributed by atoms with E-state index in [1.165, 1.54) is 0 Å². The molecule has 0 N–H and O–H groups in total. The van der Waals surface area contributed by atoms with Crippen molar-refractivity contribution in [1.82, 2.24) is 30.2 Å². The Labute approximate surface area is 248 Å². The first-order valence-corrected chi connectivity index (χ1v) is 14.2. The summed E-state index contributed by atoms with van der Waals surface area (Å²) in [4.78, 5) is 21.3. The molecule has 4 heterocycles. The highest BCUT2D eigenvalue weighted by Crippen LogP contribution is 2.42. The molecular weight excluding hydrogens is 538 g/mol. The van der Waals surface area contributed by atoms with E-state index in [4.69, 9.17) is 29.0 Å². The Morgan fingerprint density at radius 2 is 1.09 bits per heavy atom. The molecule has 9 heteroatoms. The molecule has 3 aromatic carbocycles. The van der Waals surface area contributed by atoms with Crippen LogP contribution in [0.5, 0.6) is 0 Å². The van der Waals surface area contributed by atoms with Crippen molar-refractivity contribution in [2.75, 3.05) is 4.90 Å². The molecule has 43 heavy (non-hydrogen) atoms. The minimum atomic E-state index is 0.436. The van der Waals surface area contributed by atoms with Gasteiger partial charge in [0.25, 0.3) is 0 Å². The van der Waals surface area contributed by atoms with Crippen LogP contribution in [0.2, 0.25) is 0 Å². The number of nitrogens with zero attached hydrogens (tertiary/aromatic N) is 7. The summed E-state index contributed by atoms with van der Waals surface area (Å²) >= 11 is 0. The molecule has 0 aliphatic rings. The maximum atomic E-state index is 6.02. The summed E-state index contributed by atoms with van der Waals surface area (Å²) in [6.07, 6.45) is 0.859. The molecule has 212 valence electrons. The number of aryl methyl sites for hydroxylation is 5. The molecule has 0 aliphatic heterocycles. The molecule has 9 nitrogen and oxygen atoms in total. The molecule has 0 spiro atoms. The lowest BCUT2D eigenvalue weighted by molar-refractivity contribution is 0.457. The van der Waals surface area contributed by atoms with Gasteiger partial charge in [0.15, 0.2) is 11.6 Å². The molecule has 7 rings (SSSR count). The standard InChI is InChI=1S/C34H29N7O2/c1-6-23-8-7-9-26(18-23)41(33-31-29(35-21(4)37-33)27(39-42-31)24-14-10-19(2)11-15-24)34-32-30(36-22(5)38-34)28(40-43-32)25-16-12-20(3)13-17-25/h7-18H,6H2,1-5H3. The Hall–Kier alpha value is -5.44. The molecule has 7 aromatic rings. The number of anilines is 3. The fraction of sp³-hybridized carbons (Fsp3) is 0.176. The van der Waals surface area contributed by atoms with Crippen LogP contribution in [0.4, 0.5) is 17.3 Å². The molecule has 0 fully saturated rings. The molecule has 0 atom stereocenters. The molecular formula is C34H29N7O2. The van der Waals surface area contributed by atoms with E-state index in [9.17, 15) is 0 Å². The highest BCUT2D eigenvalue weighted by atomic mass is 16.5. The minimum Gasteiger partial charge on any atom is -0.350 e. The molecule has 0 unspecified atom stereocenters. The van der Waals surface area contributed by atoms with E-state index in [1.807, 2.05) is 79.4 Å². The van der Waals surface area contributed by atoms with Gasteiger partial charge in [0, 0.05) is 16.8 Å². The summed E-state index contributed by atoms with van der Waals surface area (Å²) in [5, 5.41) is 8.92. The normalized spacial score (nSPS) is 11.5. The van der Waals surface area contributed by atoms with E-state index in [0.717, 1.165) is 39.9 Å². The zero-order valence-corrected chi connectivity index (χ0v) is 24.6. The zero-order valence-electron chi connectivity index (χ0n) is 24.6. The number of benzene rings is 3. The van der Waals surface area contributed by atoms with Crippen molar-refractivity contribution < 1.29 is 9.05 Å². The van der Waals surface area contributed by atoms with Crippen LogP contribution in [0.25, 0.3) is 44.7 Å². The van der Waals surface area contributed by atoms with Crippen molar-refractivity contribution in [1.29, 1.82) is 0 Å². The first kappa shape index (κ1) is 26.5. The van der Waals surface area contributed by atoms with Gasteiger partial charge >= 0.3 is 0 Å². The monoisotopic (exact) mass is 567 g/mol. The fourth-order valence-electron chi connectivity index (χ4n) is 5.22. The molecule has 0 aliphatic carbocycles. The summed E-state index contributed by atoms with van der Waals surface area (Å²) in [6, 6.07) is 24.5. The van der Waals surface area contributed by atoms with Crippen LogP contribution in [0, 0.1) is 27.7 Å². The molecule has 0 bridgehead atoms. The molecule has 0 radical (unpaired) electrons. The summed E-state index contributed by atoms with van der Waals surface area (Å²) < 4.78 is 12.0. The predicted molar refractivity (Wildman–Crippen MR) is 167 cm³/mol. The molecule has 4 aromatic heterocycles. The van der Waals surface area contributed by atoms with Crippen molar-refractivity contribution >= 4 is 39.5 Å². The third-order valence-corrected chi connectivity index (χ3v) is 7.47. The average Bonchev–Trinajstić information content (AvgIpc) is 3.63. The summed E-state index contributed by atoms with van der Waals surface area (Å²) in [6.45, 7) is 9.95. The second-order valence-corrected chi connectivity index (χ2v) is 10.7. The maximum Gasteiger partial charge on any atom is 0.229 e. The first-order valence-electron chi connectivity index (χ1n) is 14.2. The zero-order chi connectivity index (χ0) is 29.7. The smallest absolute Gasteiger partial charge is 0.229 e. The van der Waals surface area contributed by atoms with Gasteiger partial charge in [0.05, 0.1) is 0 Å². The van der Waals surface area contributed by atoms with Gasteiger partial charge in [-0.25, -0.2) is 19.9 Å². The van der Waals surface area contributed by atoms with Gasteiger partial charge in [-0.2, -0.15) is 0 Å². The van der Waals surface area contributed by atoms with Crippen molar-refractivity contribution in [3.8, 4) is 22.5 Å². The van der Waals surface area contributed by atoms with Gasteiger partial charge < -0.3 is 9.05 Å². The number of fused-ring (bicyclic) bond motifs is 2. The van der Waals surface area contributed by atoms with Gasteiger partial charge in [-0.15, -0.1) is 0 Å². The van der Waals surface area contributed by atoms with Crippen LogP contribution in [-0.2, 0) is 6.42 Å². The van der Waals surface area contributed by atoms with E-state index in [-0.39, 0.29) is 0 Å². The average molecular weight is 568 g/mol. The minimum absolute atomic E-state index is 0.436. The Morgan fingerprint density at radius 3 is 1.56 bits per heavy atom. The van der Waals surface area contributed by atoms with E-state index in [0.29, 0.717) is 56.9 Å². The van der Waals surface area contributed by atoms with Crippen LogP contribution >= 0.6 is 0 Å². The number of aromatic nitrogens is 6. The van der Waals surface area contributed by atoms with Crippen molar-refractivity contribution in [2.45, 2.75) is 41.0 Å². The molecule has 0 saturated carbocycles. The second kappa shape index (κ2) is 10.4. The Morgan fingerprint density at radius 1 is 0.605 bits per heavy atom. The predicted octanol–water partition coefficient (Wildman–Crippen LogP) is 8.15. The first-order chi connectivity index (χ1) is 20.9. The molecule has 0 amide bonds. The summed E-state index contributed by atoms with van der Waals surface area (Å²) in [7, 11) is 0. The SMILES string of the molecule is CCc1cccc(N(c2nc(C)nc3c(-c4ccc(C)cc4)noc23)c2nc(C)nc3c(-c4ccc(C)cc4)noc23)c1. The van der Waals surface area contributed by atoms with Gasteiger partial charge in [-0.1, -0.05) is 89.0 Å². The highest BCUT2D eigenvalue weighted by Gasteiger charge is 2.29. The van der Waals surface area contributed by atoms with E-state index in [2.05, 4.69) is 43.2 Å². The third kappa shape index (κ3) is 4.68. The van der Waals surface area contributed by atoms with Gasteiger partial charge in [-0.3, -0.25) is 4.90 Å². The van der Waals surface area contributed by atoms with Crippen LogP contribution < -0.4 is 4.90 Å². The second-order valence-electron chi connectivity index (χ2n) is 10.7. The Kier molecular flexibility index (Phi) is 6.42. The van der Waals surface area contributed by atoms with E-state index >= 15 is 0 Å². The van der Waals surface area contributed by atoms with Crippen LogP contribution in [0.3, 0.4) is 0 Å². The number of rotatable bonds is 6. The van der Waals surface area contributed by atoms with Gasteiger partial charge in [0.1, 0.15) is 34.1 Å². The topological polar surface area (TPSA) is 107 Å². The number of hydrogen-bond donors (Lipinski definition) is 0. The lowest BCUT2D eigenvalue weighted by Crippen LogP contribution is -2.16. The van der Waals surface area contributed by atoms with Crippen LogP contribution in [0.1, 0.15) is 35.3 Å². The highest BCUT2D eigenvalue weighted by molar-refractivity contribution is 6.01. The van der Waals surface area contributed by atoms with Crippen LogP contribution in [-0.4, -0.2) is 30.2 Å². The largest absolute Gasteiger partial charge is 0.350 e. The maximum absolute atomic E-state index is 6.02. The van der Waals surface area contributed by atoms with E-state index in [1.54, 1.807) is 0 Å². The van der Waals surface area contributed by atoms with Gasteiger partial charge in [0.2, 0.25) is 11.2 Å². The van der Waals surface area contributed by atoms with Crippen molar-refractivity contribution in [3.05, 3.63) is 101 Å². The fourth-order valence-corrected chi connectivity index (χ4v) is 5.22. The van der Waals surface area contributed by atoms with Crippen LogP contribution in [0.15, 0.2) is 81.8 Å². The summed E-state index contributed by atoms with van der Waals surface area (Å²) in [5.41, 5.74) is 9.51.